The van der Waals surface area contributed by atoms with Crippen LogP contribution in [0.3, 0.4) is 0 Å². The van der Waals surface area contributed by atoms with E-state index in [2.05, 4.69) is 5.32 Å². The van der Waals surface area contributed by atoms with E-state index in [0.29, 0.717) is 6.04 Å². The number of nitrogens with one attached hydrogen (secondary N) is 1. The minimum atomic E-state index is -0.340. The number of nitrogens with zero attached hydrogens (tertiary/aromatic N) is 1. The van der Waals surface area contributed by atoms with Gasteiger partial charge in [-0.2, -0.15) is 0 Å². The zero-order valence-corrected chi connectivity index (χ0v) is 9.40. The second-order valence-corrected chi connectivity index (χ2v) is 4.44. The number of benzene rings is 1. The van der Waals surface area contributed by atoms with Gasteiger partial charge < -0.3 is 5.32 Å². The summed E-state index contributed by atoms with van der Waals surface area (Å²) in [4.78, 5) is 10.4. The van der Waals surface area contributed by atoms with Crippen molar-refractivity contribution in [2.45, 2.75) is 38.6 Å². The largest absolute Gasteiger partial charge is 0.382 e. The fraction of sp³-hybridized carbons (Fsp3) is 0.500. The maximum absolute atomic E-state index is 10.7. The number of nitro groups is 1. The Labute approximate surface area is 94.8 Å². The summed E-state index contributed by atoms with van der Waals surface area (Å²) in [6.07, 6.45) is 4.85. The third-order valence-electron chi connectivity index (χ3n) is 3.00. The first-order chi connectivity index (χ1) is 7.65. The Morgan fingerprint density at radius 1 is 1.31 bits per heavy atom. The molecule has 86 valence electrons. The quantitative estimate of drug-likeness (QED) is 0.628. The Balaban J connectivity index is 2.16. The van der Waals surface area contributed by atoms with Crippen molar-refractivity contribution in [2.24, 2.45) is 0 Å². The van der Waals surface area contributed by atoms with Crippen LogP contribution in [0.1, 0.15) is 31.2 Å². The lowest BCUT2D eigenvalue weighted by molar-refractivity contribution is -0.384. The van der Waals surface area contributed by atoms with Crippen molar-refractivity contribution < 1.29 is 4.92 Å². The SMILES string of the molecule is Cc1cc(NC2CCCC2)cc([N+](=O)[O-])c1. The van der Waals surface area contributed by atoms with Crippen molar-refractivity contribution in [1.82, 2.24) is 0 Å². The predicted octanol–water partition coefficient (Wildman–Crippen LogP) is 3.26. The van der Waals surface area contributed by atoms with Crippen LogP contribution in [-0.4, -0.2) is 11.0 Å². The molecule has 1 aromatic carbocycles. The molecular weight excluding hydrogens is 204 g/mol. The third kappa shape index (κ3) is 2.51. The van der Waals surface area contributed by atoms with Gasteiger partial charge in [-0.15, -0.1) is 0 Å². The van der Waals surface area contributed by atoms with Crippen molar-refractivity contribution in [3.05, 3.63) is 33.9 Å². The highest BCUT2D eigenvalue weighted by molar-refractivity contribution is 5.54. The highest BCUT2D eigenvalue weighted by Crippen LogP contribution is 2.25. The molecule has 0 atom stereocenters. The molecule has 16 heavy (non-hydrogen) atoms. The van der Waals surface area contributed by atoms with Crippen molar-refractivity contribution >= 4 is 11.4 Å². The van der Waals surface area contributed by atoms with Gasteiger partial charge in [-0.3, -0.25) is 10.1 Å². The minimum absolute atomic E-state index is 0.167. The number of hydrogen-bond acceptors (Lipinski definition) is 3. The van der Waals surface area contributed by atoms with E-state index >= 15 is 0 Å². The Kier molecular flexibility index (Phi) is 3.08. The molecule has 0 radical (unpaired) electrons. The van der Waals surface area contributed by atoms with Gasteiger partial charge in [0.2, 0.25) is 0 Å². The maximum Gasteiger partial charge on any atom is 0.271 e. The topological polar surface area (TPSA) is 55.2 Å². The van der Waals surface area contributed by atoms with Gasteiger partial charge in [0.05, 0.1) is 4.92 Å². The highest BCUT2D eigenvalue weighted by atomic mass is 16.6. The Hall–Kier alpha value is -1.58. The average molecular weight is 220 g/mol. The summed E-state index contributed by atoms with van der Waals surface area (Å²) in [7, 11) is 0. The van der Waals surface area contributed by atoms with E-state index in [0.717, 1.165) is 11.3 Å². The number of hydrogen-bond donors (Lipinski definition) is 1. The molecule has 0 aliphatic heterocycles. The van der Waals surface area contributed by atoms with Crippen LogP contribution in [0.15, 0.2) is 18.2 Å². The first-order valence-corrected chi connectivity index (χ1v) is 5.68. The van der Waals surface area contributed by atoms with Gasteiger partial charge in [-0.05, 0) is 31.4 Å². The van der Waals surface area contributed by atoms with E-state index < -0.39 is 0 Å². The van der Waals surface area contributed by atoms with Crippen LogP contribution in [0.5, 0.6) is 0 Å². The molecule has 0 saturated heterocycles. The average Bonchev–Trinajstić information content (AvgIpc) is 2.69. The van der Waals surface area contributed by atoms with Crippen LogP contribution in [0.25, 0.3) is 0 Å². The van der Waals surface area contributed by atoms with Crippen molar-refractivity contribution in [3.8, 4) is 0 Å². The smallest absolute Gasteiger partial charge is 0.271 e. The molecule has 0 aromatic heterocycles. The molecule has 4 nitrogen and oxygen atoms in total. The number of nitro benzene ring substituents is 1. The van der Waals surface area contributed by atoms with E-state index in [1.807, 2.05) is 13.0 Å². The maximum atomic E-state index is 10.7. The first kappa shape index (κ1) is 10.9. The molecule has 0 heterocycles. The van der Waals surface area contributed by atoms with Crippen molar-refractivity contribution in [3.63, 3.8) is 0 Å². The fourth-order valence-corrected chi connectivity index (χ4v) is 2.26. The van der Waals surface area contributed by atoms with Gasteiger partial charge in [-0.1, -0.05) is 12.8 Å². The van der Waals surface area contributed by atoms with Crippen LogP contribution in [0.2, 0.25) is 0 Å². The lowest BCUT2D eigenvalue weighted by Gasteiger charge is -2.13. The molecule has 0 bridgehead atoms. The number of non-ortho nitro benzene ring substituents is 1. The highest BCUT2D eigenvalue weighted by Gasteiger charge is 2.16. The van der Waals surface area contributed by atoms with E-state index in [4.69, 9.17) is 0 Å². The number of anilines is 1. The Bertz CT molecular complexity index is 398. The third-order valence-corrected chi connectivity index (χ3v) is 3.00. The molecule has 1 saturated carbocycles. The second-order valence-electron chi connectivity index (χ2n) is 4.44. The van der Waals surface area contributed by atoms with Gasteiger partial charge in [0.1, 0.15) is 0 Å². The fourth-order valence-electron chi connectivity index (χ4n) is 2.26. The molecule has 1 aliphatic rings. The van der Waals surface area contributed by atoms with Gasteiger partial charge in [0, 0.05) is 23.9 Å². The Morgan fingerprint density at radius 3 is 2.62 bits per heavy atom. The number of rotatable bonds is 3. The van der Waals surface area contributed by atoms with Gasteiger partial charge in [0.25, 0.3) is 5.69 Å². The monoisotopic (exact) mass is 220 g/mol. The summed E-state index contributed by atoms with van der Waals surface area (Å²) in [5.74, 6) is 0. The van der Waals surface area contributed by atoms with Crippen LogP contribution in [0, 0.1) is 17.0 Å². The van der Waals surface area contributed by atoms with Gasteiger partial charge >= 0.3 is 0 Å². The summed E-state index contributed by atoms with van der Waals surface area (Å²) in [6.45, 7) is 1.88. The molecule has 0 unspecified atom stereocenters. The van der Waals surface area contributed by atoms with Crippen LogP contribution in [-0.2, 0) is 0 Å². The predicted molar refractivity (Wildman–Crippen MR) is 63.7 cm³/mol. The minimum Gasteiger partial charge on any atom is -0.382 e. The standard InChI is InChI=1S/C12H16N2O2/c1-9-6-11(8-12(7-9)14(15)16)13-10-4-2-3-5-10/h6-8,10,13H,2-5H2,1H3. The van der Waals surface area contributed by atoms with Crippen LogP contribution < -0.4 is 5.32 Å². The van der Waals surface area contributed by atoms with Gasteiger partial charge in [0.15, 0.2) is 0 Å². The molecule has 0 spiro atoms. The second kappa shape index (κ2) is 4.51. The summed E-state index contributed by atoms with van der Waals surface area (Å²) in [5, 5.41) is 14.1. The normalized spacial score (nSPS) is 16.3. The van der Waals surface area contributed by atoms with E-state index in [-0.39, 0.29) is 10.6 Å². The summed E-state index contributed by atoms with van der Waals surface area (Å²) in [6, 6.07) is 5.66. The Morgan fingerprint density at radius 2 is 2.00 bits per heavy atom. The van der Waals surface area contributed by atoms with Crippen LogP contribution >= 0.6 is 0 Å². The van der Waals surface area contributed by atoms with Crippen molar-refractivity contribution in [1.29, 1.82) is 0 Å². The molecule has 4 heteroatoms. The zero-order valence-electron chi connectivity index (χ0n) is 9.40. The molecular formula is C12H16N2O2. The van der Waals surface area contributed by atoms with E-state index in [1.54, 1.807) is 12.1 Å². The summed E-state index contributed by atoms with van der Waals surface area (Å²) in [5.41, 5.74) is 1.97. The zero-order chi connectivity index (χ0) is 11.5. The van der Waals surface area contributed by atoms with Crippen LogP contribution in [0.4, 0.5) is 11.4 Å². The summed E-state index contributed by atoms with van der Waals surface area (Å²) >= 11 is 0. The molecule has 0 amide bonds. The van der Waals surface area contributed by atoms with E-state index in [1.165, 1.54) is 25.7 Å². The number of aryl methyl sites for hydroxylation is 1. The molecule has 1 fully saturated rings. The lowest BCUT2D eigenvalue weighted by atomic mass is 10.1. The molecule has 1 N–H and O–H groups in total. The summed E-state index contributed by atoms with van der Waals surface area (Å²) < 4.78 is 0. The molecule has 1 aromatic rings. The lowest BCUT2D eigenvalue weighted by Crippen LogP contribution is -2.14. The van der Waals surface area contributed by atoms with Gasteiger partial charge in [-0.25, -0.2) is 0 Å². The van der Waals surface area contributed by atoms with E-state index in [9.17, 15) is 10.1 Å². The molecule has 1 aliphatic carbocycles. The van der Waals surface area contributed by atoms with Crippen molar-refractivity contribution in [2.75, 3.05) is 5.32 Å². The first-order valence-electron chi connectivity index (χ1n) is 5.68. The molecule has 2 rings (SSSR count).